The summed E-state index contributed by atoms with van der Waals surface area (Å²) in [6.07, 6.45) is 4.00. The number of rotatable bonds is 6. The Labute approximate surface area is 120 Å². The third-order valence-corrected chi connectivity index (χ3v) is 4.74. The van der Waals surface area contributed by atoms with Crippen molar-refractivity contribution in [2.75, 3.05) is 6.54 Å². The van der Waals surface area contributed by atoms with Gasteiger partial charge in [-0.3, -0.25) is 4.68 Å². The molecule has 2 heterocycles. The molecule has 0 spiro atoms. The largest absolute Gasteiger partial charge is 0.310 e. The maximum Gasteiger partial charge on any atom is 0.0701 e. The van der Waals surface area contributed by atoms with Crippen LogP contribution in [0.25, 0.3) is 0 Å². The quantitative estimate of drug-likeness (QED) is 0.879. The van der Waals surface area contributed by atoms with Crippen LogP contribution in [0.2, 0.25) is 0 Å². The number of aryl methyl sites for hydroxylation is 2. The van der Waals surface area contributed by atoms with E-state index in [1.165, 1.54) is 14.4 Å². The van der Waals surface area contributed by atoms with E-state index in [4.69, 9.17) is 0 Å². The van der Waals surface area contributed by atoms with E-state index in [1.807, 2.05) is 29.3 Å². The van der Waals surface area contributed by atoms with Gasteiger partial charge in [-0.2, -0.15) is 5.10 Å². The van der Waals surface area contributed by atoms with Gasteiger partial charge in [0.1, 0.15) is 0 Å². The number of nitrogens with zero attached hydrogens (tertiary/aromatic N) is 2. The molecule has 0 aliphatic carbocycles. The summed E-state index contributed by atoms with van der Waals surface area (Å²) in [5, 5.41) is 7.76. The lowest BCUT2D eigenvalue weighted by Crippen LogP contribution is -2.20. The number of thiophene rings is 1. The van der Waals surface area contributed by atoms with Crippen molar-refractivity contribution in [2.24, 2.45) is 7.05 Å². The van der Waals surface area contributed by atoms with Crippen molar-refractivity contribution in [3.8, 4) is 0 Å². The lowest BCUT2D eigenvalue weighted by atomic mass is 10.1. The van der Waals surface area contributed by atoms with Gasteiger partial charge in [-0.1, -0.05) is 6.92 Å². The van der Waals surface area contributed by atoms with Crippen LogP contribution in [0.5, 0.6) is 0 Å². The summed E-state index contributed by atoms with van der Waals surface area (Å²) in [6.45, 7) is 3.14. The molecule has 0 radical (unpaired) electrons. The van der Waals surface area contributed by atoms with E-state index in [0.29, 0.717) is 6.04 Å². The first kappa shape index (κ1) is 13.8. The molecule has 1 atom stereocenters. The van der Waals surface area contributed by atoms with Crippen LogP contribution in [0, 0.1) is 0 Å². The average molecular weight is 328 g/mol. The highest BCUT2D eigenvalue weighted by Crippen LogP contribution is 2.29. The van der Waals surface area contributed by atoms with Crippen molar-refractivity contribution in [1.82, 2.24) is 15.1 Å². The Hall–Kier alpha value is -0.650. The predicted octanol–water partition coefficient (Wildman–Crippen LogP) is 3.53. The monoisotopic (exact) mass is 327 g/mol. The highest BCUT2D eigenvalue weighted by Gasteiger charge is 2.13. The third kappa shape index (κ3) is 3.43. The van der Waals surface area contributed by atoms with Crippen LogP contribution in [-0.4, -0.2) is 16.3 Å². The molecule has 2 rings (SSSR count). The molecule has 5 heteroatoms. The fourth-order valence-corrected chi connectivity index (χ4v) is 3.58. The SMILES string of the molecule is CCNC(CCc1ccnn1C)c1ccc(Br)s1. The Morgan fingerprint density at radius 3 is 2.83 bits per heavy atom. The van der Waals surface area contributed by atoms with Crippen molar-refractivity contribution >= 4 is 27.3 Å². The number of hydrogen-bond acceptors (Lipinski definition) is 3. The topological polar surface area (TPSA) is 29.9 Å². The zero-order chi connectivity index (χ0) is 13.0. The minimum atomic E-state index is 0.432. The summed E-state index contributed by atoms with van der Waals surface area (Å²) in [4.78, 5) is 1.39. The first-order valence-corrected chi connectivity index (χ1v) is 7.77. The van der Waals surface area contributed by atoms with Crippen molar-refractivity contribution in [1.29, 1.82) is 0 Å². The Morgan fingerprint density at radius 1 is 1.44 bits per heavy atom. The minimum Gasteiger partial charge on any atom is -0.310 e. The molecule has 0 aliphatic heterocycles. The number of halogens is 1. The van der Waals surface area contributed by atoms with Crippen LogP contribution in [0.1, 0.15) is 30.0 Å². The van der Waals surface area contributed by atoms with E-state index in [2.05, 4.69) is 51.5 Å². The fraction of sp³-hybridized carbons (Fsp3) is 0.462. The average Bonchev–Trinajstić information content (AvgIpc) is 2.94. The maximum atomic E-state index is 4.21. The molecule has 0 saturated heterocycles. The van der Waals surface area contributed by atoms with E-state index < -0.39 is 0 Å². The summed E-state index contributed by atoms with van der Waals surface area (Å²) in [5.74, 6) is 0. The second kappa shape index (κ2) is 6.50. The lowest BCUT2D eigenvalue weighted by Gasteiger charge is -2.16. The number of aromatic nitrogens is 2. The molecule has 0 aliphatic rings. The molecule has 2 aromatic heterocycles. The third-order valence-electron chi connectivity index (χ3n) is 3.00. The van der Waals surface area contributed by atoms with Crippen LogP contribution in [-0.2, 0) is 13.5 Å². The van der Waals surface area contributed by atoms with Crippen LogP contribution < -0.4 is 5.32 Å². The summed E-state index contributed by atoms with van der Waals surface area (Å²) < 4.78 is 3.15. The first-order chi connectivity index (χ1) is 8.70. The van der Waals surface area contributed by atoms with E-state index >= 15 is 0 Å². The van der Waals surface area contributed by atoms with E-state index in [-0.39, 0.29) is 0 Å². The molecule has 0 saturated carbocycles. The van der Waals surface area contributed by atoms with Gasteiger partial charge in [0.2, 0.25) is 0 Å². The molecule has 0 bridgehead atoms. The van der Waals surface area contributed by atoms with Crippen LogP contribution >= 0.6 is 27.3 Å². The molecule has 3 nitrogen and oxygen atoms in total. The van der Waals surface area contributed by atoms with Gasteiger partial charge in [0, 0.05) is 29.9 Å². The molecule has 1 N–H and O–H groups in total. The summed E-state index contributed by atoms with van der Waals surface area (Å²) >= 11 is 5.34. The van der Waals surface area contributed by atoms with Crippen molar-refractivity contribution < 1.29 is 0 Å². The number of hydrogen-bond donors (Lipinski definition) is 1. The van der Waals surface area contributed by atoms with Crippen LogP contribution in [0.4, 0.5) is 0 Å². The van der Waals surface area contributed by atoms with E-state index in [9.17, 15) is 0 Å². The van der Waals surface area contributed by atoms with Gasteiger partial charge in [0.05, 0.1) is 3.79 Å². The molecule has 2 aromatic rings. The highest BCUT2D eigenvalue weighted by atomic mass is 79.9. The summed E-state index contributed by atoms with van der Waals surface area (Å²) in [7, 11) is 2.00. The summed E-state index contributed by atoms with van der Waals surface area (Å²) in [6, 6.07) is 6.84. The molecule has 0 fully saturated rings. The van der Waals surface area contributed by atoms with E-state index in [1.54, 1.807) is 0 Å². The zero-order valence-electron chi connectivity index (χ0n) is 10.7. The van der Waals surface area contributed by atoms with Gasteiger partial charge < -0.3 is 5.32 Å². The molecular formula is C13H18BrN3S. The Balaban J connectivity index is 2.01. The molecule has 1 unspecified atom stereocenters. The highest BCUT2D eigenvalue weighted by molar-refractivity contribution is 9.11. The molecule has 0 aromatic carbocycles. The smallest absolute Gasteiger partial charge is 0.0701 e. The molecule has 0 amide bonds. The number of nitrogens with one attached hydrogen (secondary N) is 1. The second-order valence-electron chi connectivity index (χ2n) is 4.24. The van der Waals surface area contributed by atoms with Gasteiger partial charge in [-0.05, 0) is 53.5 Å². The van der Waals surface area contributed by atoms with Gasteiger partial charge >= 0.3 is 0 Å². The molecule has 18 heavy (non-hydrogen) atoms. The standard InChI is InChI=1S/C13H18BrN3S/c1-3-15-11(12-6-7-13(14)18-12)5-4-10-8-9-16-17(10)2/h6-9,11,15H,3-5H2,1-2H3. The van der Waals surface area contributed by atoms with Crippen molar-refractivity contribution in [3.63, 3.8) is 0 Å². The Morgan fingerprint density at radius 2 is 2.28 bits per heavy atom. The first-order valence-electron chi connectivity index (χ1n) is 6.16. The fourth-order valence-electron chi connectivity index (χ4n) is 2.05. The Kier molecular flexibility index (Phi) is 4.97. The van der Waals surface area contributed by atoms with Crippen LogP contribution in [0.15, 0.2) is 28.2 Å². The van der Waals surface area contributed by atoms with E-state index in [0.717, 1.165) is 19.4 Å². The zero-order valence-corrected chi connectivity index (χ0v) is 13.1. The normalized spacial score (nSPS) is 12.8. The van der Waals surface area contributed by atoms with Crippen molar-refractivity contribution in [3.05, 3.63) is 38.8 Å². The second-order valence-corrected chi connectivity index (χ2v) is 6.73. The minimum absolute atomic E-state index is 0.432. The van der Waals surface area contributed by atoms with Gasteiger partial charge in [0.15, 0.2) is 0 Å². The molecular weight excluding hydrogens is 310 g/mol. The predicted molar refractivity (Wildman–Crippen MR) is 80.0 cm³/mol. The van der Waals surface area contributed by atoms with Crippen molar-refractivity contribution in [2.45, 2.75) is 25.8 Å². The van der Waals surface area contributed by atoms with Gasteiger partial charge in [-0.15, -0.1) is 11.3 Å². The lowest BCUT2D eigenvalue weighted by molar-refractivity contribution is 0.513. The van der Waals surface area contributed by atoms with Gasteiger partial charge in [-0.25, -0.2) is 0 Å². The van der Waals surface area contributed by atoms with Crippen LogP contribution in [0.3, 0.4) is 0 Å². The van der Waals surface area contributed by atoms with Gasteiger partial charge in [0.25, 0.3) is 0 Å². The molecule has 98 valence electrons. The summed E-state index contributed by atoms with van der Waals surface area (Å²) in [5.41, 5.74) is 1.29. The maximum absolute atomic E-state index is 4.21. The Bertz CT molecular complexity index is 492.